The van der Waals surface area contributed by atoms with Crippen LogP contribution in [0.25, 0.3) is 22.2 Å². The van der Waals surface area contributed by atoms with Crippen LogP contribution in [0.1, 0.15) is 29.8 Å². The summed E-state index contributed by atoms with van der Waals surface area (Å²) in [5.41, 5.74) is 5.07. The summed E-state index contributed by atoms with van der Waals surface area (Å²) >= 11 is 6.31. The number of hydrogen-bond donors (Lipinski definition) is 1. The van der Waals surface area contributed by atoms with Gasteiger partial charge in [0.05, 0.1) is 16.8 Å². The first kappa shape index (κ1) is 19.4. The van der Waals surface area contributed by atoms with E-state index in [4.69, 9.17) is 21.3 Å². The molecule has 6 nitrogen and oxygen atoms in total. The number of aliphatic hydroxyl groups excluding tert-OH is 1. The van der Waals surface area contributed by atoms with Crippen LogP contribution in [0, 0.1) is 6.92 Å². The summed E-state index contributed by atoms with van der Waals surface area (Å²) in [6.45, 7) is 3.85. The Hall–Kier alpha value is -2.96. The largest absolute Gasteiger partial charge is 0.487 e. The van der Waals surface area contributed by atoms with Gasteiger partial charge in [-0.25, -0.2) is 4.98 Å². The molecule has 0 spiro atoms. The van der Waals surface area contributed by atoms with E-state index in [0.29, 0.717) is 21.9 Å². The number of fused-ring (bicyclic) bond motifs is 1. The summed E-state index contributed by atoms with van der Waals surface area (Å²) in [4.78, 5) is 8.78. The van der Waals surface area contributed by atoms with Crippen molar-refractivity contribution in [2.24, 2.45) is 7.05 Å². The SMILES string of the molecule is Cc1cc(-c2ccnn2C)c2cccc(OCc3c(Cl)cncc3C(C)O)c2n1. The molecule has 4 rings (SSSR count). The third-order valence-electron chi connectivity index (χ3n) is 4.89. The van der Waals surface area contributed by atoms with Gasteiger partial charge in [-0.05, 0) is 32.0 Å². The van der Waals surface area contributed by atoms with Crippen LogP contribution in [0.3, 0.4) is 0 Å². The summed E-state index contributed by atoms with van der Waals surface area (Å²) in [5.74, 6) is 0.652. The van der Waals surface area contributed by atoms with Crippen molar-refractivity contribution in [2.75, 3.05) is 0 Å². The van der Waals surface area contributed by atoms with Crippen LogP contribution in [0.2, 0.25) is 5.02 Å². The van der Waals surface area contributed by atoms with Gasteiger partial charge >= 0.3 is 0 Å². The van der Waals surface area contributed by atoms with Crippen molar-refractivity contribution in [3.8, 4) is 17.0 Å². The van der Waals surface area contributed by atoms with Crippen molar-refractivity contribution in [1.82, 2.24) is 19.7 Å². The third-order valence-corrected chi connectivity index (χ3v) is 5.21. The minimum absolute atomic E-state index is 0.206. The lowest BCUT2D eigenvalue weighted by Gasteiger charge is -2.16. The lowest BCUT2D eigenvalue weighted by Crippen LogP contribution is -2.05. The average Bonchev–Trinajstić information content (AvgIpc) is 3.12. The molecule has 29 heavy (non-hydrogen) atoms. The van der Waals surface area contributed by atoms with Gasteiger partial charge in [0.2, 0.25) is 0 Å². The van der Waals surface area contributed by atoms with E-state index >= 15 is 0 Å². The number of aromatic nitrogens is 4. The number of aryl methyl sites for hydroxylation is 2. The summed E-state index contributed by atoms with van der Waals surface area (Å²) in [7, 11) is 1.92. The highest BCUT2D eigenvalue weighted by Crippen LogP contribution is 2.34. The summed E-state index contributed by atoms with van der Waals surface area (Å²) in [5, 5.41) is 15.8. The van der Waals surface area contributed by atoms with E-state index in [9.17, 15) is 5.11 Å². The predicted octanol–water partition coefficient (Wildman–Crippen LogP) is 4.62. The summed E-state index contributed by atoms with van der Waals surface area (Å²) in [6, 6.07) is 9.89. The Kier molecular flexibility index (Phi) is 5.22. The van der Waals surface area contributed by atoms with E-state index in [2.05, 4.69) is 16.1 Å². The van der Waals surface area contributed by atoms with Crippen molar-refractivity contribution in [3.05, 3.63) is 70.8 Å². The van der Waals surface area contributed by atoms with Crippen molar-refractivity contribution in [3.63, 3.8) is 0 Å². The molecule has 1 N–H and O–H groups in total. The molecule has 0 saturated carbocycles. The first-order valence-electron chi connectivity index (χ1n) is 9.27. The minimum atomic E-state index is -0.691. The number of pyridine rings is 2. The third kappa shape index (κ3) is 3.69. The molecule has 0 radical (unpaired) electrons. The molecular formula is C22H21ClN4O2. The van der Waals surface area contributed by atoms with E-state index < -0.39 is 6.10 Å². The number of nitrogens with zero attached hydrogens (tertiary/aromatic N) is 4. The molecule has 148 valence electrons. The van der Waals surface area contributed by atoms with Crippen molar-refractivity contribution in [2.45, 2.75) is 26.6 Å². The second kappa shape index (κ2) is 7.81. The van der Waals surface area contributed by atoms with Gasteiger partial charge in [-0.15, -0.1) is 0 Å². The number of hydrogen-bond acceptors (Lipinski definition) is 5. The number of benzene rings is 1. The molecular weight excluding hydrogens is 388 g/mol. The molecule has 0 aliphatic carbocycles. The molecule has 3 heterocycles. The maximum Gasteiger partial charge on any atom is 0.146 e. The van der Waals surface area contributed by atoms with E-state index in [1.807, 2.05) is 42.9 Å². The van der Waals surface area contributed by atoms with Crippen molar-refractivity contribution in [1.29, 1.82) is 0 Å². The van der Waals surface area contributed by atoms with Gasteiger partial charge in [-0.3, -0.25) is 9.67 Å². The first-order valence-corrected chi connectivity index (χ1v) is 9.65. The normalized spacial score (nSPS) is 12.3. The first-order chi connectivity index (χ1) is 14.0. The maximum absolute atomic E-state index is 10.0. The molecule has 0 aliphatic rings. The maximum atomic E-state index is 10.0. The van der Waals surface area contributed by atoms with E-state index in [-0.39, 0.29) is 6.61 Å². The van der Waals surface area contributed by atoms with Gasteiger partial charge in [0.1, 0.15) is 17.9 Å². The van der Waals surface area contributed by atoms with Gasteiger partial charge in [-0.2, -0.15) is 5.10 Å². The van der Waals surface area contributed by atoms with Crippen LogP contribution < -0.4 is 4.74 Å². The summed E-state index contributed by atoms with van der Waals surface area (Å²) < 4.78 is 7.97. The zero-order valence-corrected chi connectivity index (χ0v) is 17.2. The van der Waals surface area contributed by atoms with Gasteiger partial charge in [0.15, 0.2) is 0 Å². The molecule has 1 unspecified atom stereocenters. The number of halogens is 1. The fourth-order valence-electron chi connectivity index (χ4n) is 3.46. The second-order valence-corrected chi connectivity index (χ2v) is 7.36. The summed E-state index contributed by atoms with van der Waals surface area (Å²) in [6.07, 6.45) is 4.25. The van der Waals surface area contributed by atoms with Crippen LogP contribution in [0.5, 0.6) is 5.75 Å². The topological polar surface area (TPSA) is 73.1 Å². The van der Waals surface area contributed by atoms with E-state index in [1.54, 1.807) is 25.5 Å². The van der Waals surface area contributed by atoms with Crippen molar-refractivity contribution < 1.29 is 9.84 Å². The molecule has 0 aliphatic heterocycles. The predicted molar refractivity (Wildman–Crippen MR) is 113 cm³/mol. The monoisotopic (exact) mass is 408 g/mol. The highest BCUT2D eigenvalue weighted by Gasteiger charge is 2.16. The van der Waals surface area contributed by atoms with Crippen LogP contribution in [-0.2, 0) is 13.7 Å². The Bertz CT molecular complexity index is 1190. The zero-order chi connectivity index (χ0) is 20.5. The second-order valence-electron chi connectivity index (χ2n) is 6.96. The highest BCUT2D eigenvalue weighted by molar-refractivity contribution is 6.31. The molecule has 3 aromatic heterocycles. The molecule has 0 fully saturated rings. The number of ether oxygens (including phenoxy) is 1. The molecule has 0 saturated heterocycles. The van der Waals surface area contributed by atoms with Crippen LogP contribution in [0.4, 0.5) is 0 Å². The zero-order valence-electron chi connectivity index (χ0n) is 16.4. The quantitative estimate of drug-likeness (QED) is 0.521. The Morgan fingerprint density at radius 2 is 2.07 bits per heavy atom. The van der Waals surface area contributed by atoms with Gasteiger partial charge in [0.25, 0.3) is 0 Å². The van der Waals surface area contributed by atoms with Crippen LogP contribution in [0.15, 0.2) is 48.9 Å². The number of rotatable bonds is 5. The van der Waals surface area contributed by atoms with Crippen LogP contribution in [-0.4, -0.2) is 24.9 Å². The minimum Gasteiger partial charge on any atom is -0.487 e. The molecule has 1 aromatic carbocycles. The molecule has 0 amide bonds. The Morgan fingerprint density at radius 1 is 1.24 bits per heavy atom. The highest BCUT2D eigenvalue weighted by atomic mass is 35.5. The number of aliphatic hydroxyl groups is 1. The van der Waals surface area contributed by atoms with E-state index in [1.165, 1.54) is 0 Å². The molecule has 0 bridgehead atoms. The van der Waals surface area contributed by atoms with Gasteiger partial charge < -0.3 is 9.84 Å². The standard InChI is InChI=1S/C22H21ClN4O2/c1-13-9-16(20-7-8-25-27(20)3)15-5-4-6-21(22(15)26-13)29-12-18-17(14(2)28)10-24-11-19(18)23/h4-11,14,28H,12H2,1-3H3. The fraction of sp³-hybridized carbons (Fsp3) is 0.227. The lowest BCUT2D eigenvalue weighted by molar-refractivity contribution is 0.194. The Balaban J connectivity index is 1.77. The fourth-order valence-corrected chi connectivity index (χ4v) is 3.68. The molecule has 1 atom stereocenters. The van der Waals surface area contributed by atoms with Crippen molar-refractivity contribution >= 4 is 22.5 Å². The Morgan fingerprint density at radius 3 is 2.79 bits per heavy atom. The Labute approximate surface area is 173 Å². The molecule has 4 aromatic rings. The van der Waals surface area contributed by atoms with E-state index in [0.717, 1.165) is 27.9 Å². The van der Waals surface area contributed by atoms with Crippen LogP contribution >= 0.6 is 11.6 Å². The number of para-hydroxylation sites is 1. The molecule has 7 heteroatoms. The lowest BCUT2D eigenvalue weighted by atomic mass is 10.0. The van der Waals surface area contributed by atoms with Gasteiger partial charge in [-0.1, -0.05) is 23.7 Å². The smallest absolute Gasteiger partial charge is 0.146 e. The average molecular weight is 409 g/mol. The van der Waals surface area contributed by atoms with Gasteiger partial charge in [0, 0.05) is 53.4 Å².